The number of esters is 2. The summed E-state index contributed by atoms with van der Waals surface area (Å²) in [6.07, 6.45) is 12.0. The van der Waals surface area contributed by atoms with Gasteiger partial charge >= 0.3 is 11.9 Å². The first-order valence-electron chi connectivity index (χ1n) is 11.7. The summed E-state index contributed by atoms with van der Waals surface area (Å²) in [5, 5.41) is 0. The van der Waals surface area contributed by atoms with Crippen LogP contribution in [0.2, 0.25) is 0 Å². The molecule has 0 N–H and O–H groups in total. The van der Waals surface area contributed by atoms with Crippen LogP contribution in [-0.4, -0.2) is 25.2 Å². The number of rotatable bonds is 17. The summed E-state index contributed by atoms with van der Waals surface area (Å²) in [5.74, 6) is 0.509. The van der Waals surface area contributed by atoms with Crippen molar-refractivity contribution in [3.63, 3.8) is 0 Å². The van der Waals surface area contributed by atoms with Gasteiger partial charge in [0.05, 0.1) is 18.6 Å². The topological polar surface area (TPSA) is 52.6 Å². The van der Waals surface area contributed by atoms with E-state index in [1.165, 1.54) is 38.5 Å². The predicted octanol–water partition coefficient (Wildman–Crippen LogP) is 6.70. The average molecular weight is 399 g/mol. The van der Waals surface area contributed by atoms with Gasteiger partial charge in [0.15, 0.2) is 0 Å². The first-order chi connectivity index (χ1) is 13.3. The molecule has 0 saturated heterocycles. The summed E-state index contributed by atoms with van der Waals surface area (Å²) in [6, 6.07) is 0. The van der Waals surface area contributed by atoms with Gasteiger partial charge in [-0.2, -0.15) is 0 Å². The van der Waals surface area contributed by atoms with Crippen LogP contribution in [0.1, 0.15) is 112 Å². The number of carbonyl (C=O) groups is 2. The zero-order valence-corrected chi connectivity index (χ0v) is 19.5. The molecule has 4 heteroatoms. The summed E-state index contributed by atoms with van der Waals surface area (Å²) in [6.45, 7) is 13.3. The quantitative estimate of drug-likeness (QED) is 0.202. The molecule has 28 heavy (non-hydrogen) atoms. The number of ether oxygens (including phenoxy) is 2. The van der Waals surface area contributed by atoms with E-state index in [9.17, 15) is 9.59 Å². The Balaban J connectivity index is 3.95. The molecule has 4 nitrogen and oxygen atoms in total. The van der Waals surface area contributed by atoms with Gasteiger partial charge in [-0.15, -0.1) is 0 Å². The molecule has 0 aromatic carbocycles. The van der Waals surface area contributed by atoms with Crippen LogP contribution in [-0.2, 0) is 19.1 Å². The van der Waals surface area contributed by atoms with E-state index in [1.54, 1.807) is 0 Å². The third kappa shape index (κ3) is 9.93. The molecular weight excluding hydrogens is 352 g/mol. The van der Waals surface area contributed by atoms with Crippen LogP contribution in [0.25, 0.3) is 0 Å². The van der Waals surface area contributed by atoms with Crippen molar-refractivity contribution >= 4 is 11.9 Å². The molecule has 0 radical (unpaired) electrons. The molecule has 0 atom stereocenters. The molecule has 0 aliphatic heterocycles. The van der Waals surface area contributed by atoms with Crippen molar-refractivity contribution in [2.24, 2.45) is 17.3 Å². The van der Waals surface area contributed by atoms with E-state index in [2.05, 4.69) is 27.7 Å². The van der Waals surface area contributed by atoms with Crippen molar-refractivity contribution in [1.82, 2.24) is 0 Å². The molecule has 0 heterocycles. The molecule has 0 bridgehead atoms. The highest BCUT2D eigenvalue weighted by Gasteiger charge is 2.44. The van der Waals surface area contributed by atoms with Crippen molar-refractivity contribution < 1.29 is 19.1 Å². The zero-order chi connectivity index (χ0) is 21.4. The van der Waals surface area contributed by atoms with E-state index < -0.39 is 0 Å². The Morgan fingerprint density at radius 3 is 1.54 bits per heavy atom. The predicted molar refractivity (Wildman–Crippen MR) is 116 cm³/mol. The lowest BCUT2D eigenvalue weighted by molar-refractivity contribution is -0.163. The van der Waals surface area contributed by atoms with Gasteiger partial charge in [0.1, 0.15) is 0 Å². The van der Waals surface area contributed by atoms with Crippen molar-refractivity contribution in [3.05, 3.63) is 0 Å². The monoisotopic (exact) mass is 398 g/mol. The fraction of sp³-hybridized carbons (Fsp3) is 0.917. The highest BCUT2D eigenvalue weighted by atomic mass is 16.5. The Kier molecular flexibility index (Phi) is 15.2. The van der Waals surface area contributed by atoms with Gasteiger partial charge in [0, 0.05) is 6.42 Å². The van der Waals surface area contributed by atoms with E-state index in [-0.39, 0.29) is 17.4 Å². The largest absolute Gasteiger partial charge is 0.466 e. The van der Waals surface area contributed by atoms with Crippen molar-refractivity contribution in [3.8, 4) is 0 Å². The molecule has 0 saturated carbocycles. The van der Waals surface area contributed by atoms with Gasteiger partial charge in [0.2, 0.25) is 0 Å². The van der Waals surface area contributed by atoms with E-state index in [4.69, 9.17) is 9.47 Å². The van der Waals surface area contributed by atoms with Crippen LogP contribution in [0.3, 0.4) is 0 Å². The normalized spacial score (nSPS) is 11.9. The van der Waals surface area contributed by atoms with Gasteiger partial charge in [-0.25, -0.2) is 0 Å². The Bertz CT molecular complexity index is 407. The summed E-state index contributed by atoms with van der Waals surface area (Å²) < 4.78 is 10.4. The SMILES string of the molecule is CCOC(=O)CCCCCCCCCCCC(C(=O)OCC)(C(C)C)C(C)C. The lowest BCUT2D eigenvalue weighted by Gasteiger charge is -2.39. The molecule has 0 rings (SSSR count). The van der Waals surface area contributed by atoms with E-state index >= 15 is 0 Å². The van der Waals surface area contributed by atoms with Crippen LogP contribution in [0.15, 0.2) is 0 Å². The number of hydrogen-bond donors (Lipinski definition) is 0. The maximum absolute atomic E-state index is 12.7. The molecule has 0 aliphatic rings. The Morgan fingerprint density at radius 2 is 1.11 bits per heavy atom. The van der Waals surface area contributed by atoms with Crippen LogP contribution >= 0.6 is 0 Å². The molecule has 0 aromatic rings. The first-order valence-corrected chi connectivity index (χ1v) is 11.7. The minimum absolute atomic E-state index is 0.0113. The first kappa shape index (κ1) is 26.9. The molecule has 0 unspecified atom stereocenters. The van der Waals surface area contributed by atoms with Gasteiger partial charge in [-0.3, -0.25) is 9.59 Å². The smallest absolute Gasteiger partial charge is 0.312 e. The lowest BCUT2D eigenvalue weighted by Crippen LogP contribution is -2.42. The minimum atomic E-state index is -0.352. The Morgan fingerprint density at radius 1 is 0.679 bits per heavy atom. The molecule has 0 fully saturated rings. The van der Waals surface area contributed by atoms with Crippen molar-refractivity contribution in [2.75, 3.05) is 13.2 Å². The second-order valence-electron chi connectivity index (χ2n) is 8.56. The van der Waals surface area contributed by atoms with E-state index in [0.717, 1.165) is 25.7 Å². The van der Waals surface area contributed by atoms with Crippen LogP contribution < -0.4 is 0 Å². The summed E-state index contributed by atoms with van der Waals surface area (Å²) in [4.78, 5) is 23.9. The number of hydrogen-bond acceptors (Lipinski definition) is 4. The second kappa shape index (κ2) is 15.8. The average Bonchev–Trinajstić information content (AvgIpc) is 2.62. The van der Waals surface area contributed by atoms with Crippen LogP contribution in [0.4, 0.5) is 0 Å². The van der Waals surface area contributed by atoms with Gasteiger partial charge < -0.3 is 9.47 Å². The second-order valence-corrected chi connectivity index (χ2v) is 8.56. The highest BCUT2D eigenvalue weighted by Crippen LogP contribution is 2.42. The standard InChI is InChI=1S/C24H46O4/c1-7-27-22(25)18-16-14-12-10-9-11-13-15-17-19-24(20(3)4,21(5)6)23(26)28-8-2/h20-21H,7-19H2,1-6H3. The molecule has 0 aromatic heterocycles. The van der Waals surface area contributed by atoms with Crippen molar-refractivity contribution in [2.45, 2.75) is 112 Å². The molecule has 0 amide bonds. The fourth-order valence-electron chi connectivity index (χ4n) is 4.24. The van der Waals surface area contributed by atoms with Gasteiger partial charge in [-0.1, -0.05) is 79.1 Å². The van der Waals surface area contributed by atoms with Gasteiger partial charge in [-0.05, 0) is 38.5 Å². The van der Waals surface area contributed by atoms with Crippen molar-refractivity contribution in [1.29, 1.82) is 0 Å². The third-order valence-electron chi connectivity index (χ3n) is 5.99. The molecular formula is C24H46O4. The third-order valence-corrected chi connectivity index (χ3v) is 5.99. The maximum Gasteiger partial charge on any atom is 0.312 e. The molecule has 0 aliphatic carbocycles. The number of unbranched alkanes of at least 4 members (excludes halogenated alkanes) is 8. The van der Waals surface area contributed by atoms with Crippen LogP contribution in [0.5, 0.6) is 0 Å². The Hall–Kier alpha value is -1.06. The van der Waals surface area contributed by atoms with E-state index in [1.807, 2.05) is 13.8 Å². The summed E-state index contributed by atoms with van der Waals surface area (Å²) in [7, 11) is 0. The maximum atomic E-state index is 12.7. The van der Waals surface area contributed by atoms with E-state index in [0.29, 0.717) is 31.5 Å². The fourth-order valence-corrected chi connectivity index (χ4v) is 4.24. The van der Waals surface area contributed by atoms with Crippen LogP contribution in [0, 0.1) is 17.3 Å². The molecule has 166 valence electrons. The number of carbonyl (C=O) groups excluding carboxylic acids is 2. The zero-order valence-electron chi connectivity index (χ0n) is 19.5. The summed E-state index contributed by atoms with van der Waals surface area (Å²) >= 11 is 0. The Labute approximate surface area is 174 Å². The molecule has 0 spiro atoms. The lowest BCUT2D eigenvalue weighted by atomic mass is 9.66. The highest BCUT2D eigenvalue weighted by molar-refractivity contribution is 5.77. The minimum Gasteiger partial charge on any atom is -0.466 e. The van der Waals surface area contributed by atoms with Gasteiger partial charge in [0.25, 0.3) is 0 Å². The summed E-state index contributed by atoms with van der Waals surface area (Å²) in [5.41, 5.74) is -0.352.